The normalized spacial score (nSPS) is 13.1. The molecule has 0 aromatic heterocycles. The van der Waals surface area contributed by atoms with E-state index < -0.39 is 8.56 Å². The molecule has 1 unspecified atom stereocenters. The second-order valence-corrected chi connectivity index (χ2v) is 7.69. The van der Waals surface area contributed by atoms with Gasteiger partial charge in [-0.3, -0.25) is 0 Å². The number of hydrogen-bond acceptors (Lipinski definition) is 2. The first-order valence-corrected chi connectivity index (χ1v) is 9.11. The Bertz CT molecular complexity index is 228. The maximum Gasteiger partial charge on any atom is 0.332 e. The first-order chi connectivity index (χ1) is 7.55. The molecule has 94 valence electrons. The molecular weight excluding hydrogens is 216 g/mol. The minimum absolute atomic E-state index is 0.0397. The molecule has 0 rings (SSSR count). The maximum atomic E-state index is 5.95. The molecule has 1 atom stereocenters. The molecule has 0 aromatic carbocycles. The van der Waals surface area contributed by atoms with Crippen LogP contribution in [0.3, 0.4) is 0 Å². The summed E-state index contributed by atoms with van der Waals surface area (Å²) in [5, 5.41) is 0. The second kappa shape index (κ2) is 8.80. The molecule has 0 spiro atoms. The zero-order chi connectivity index (χ0) is 12.4. The molecule has 0 aliphatic carbocycles. The van der Waals surface area contributed by atoms with E-state index in [0.29, 0.717) is 0 Å². The molecule has 0 saturated heterocycles. The average Bonchev–Trinajstić information content (AvgIpc) is 2.23. The first kappa shape index (κ1) is 15.7. The lowest BCUT2D eigenvalue weighted by Crippen LogP contribution is -2.38. The van der Waals surface area contributed by atoms with Gasteiger partial charge in [0.2, 0.25) is 0 Å². The molecule has 0 aromatic rings. The van der Waals surface area contributed by atoms with Crippen LogP contribution in [-0.4, -0.2) is 21.3 Å². The minimum atomic E-state index is -1.98. The molecule has 16 heavy (non-hydrogen) atoms. The standard InChI is InChI=1S/C13H26O2Si/c1-6-9-10-12-14-16(4,5)15-13(8-3)11-7-2/h13H,6,8-10,12H2,1-5H3. The highest BCUT2D eigenvalue weighted by Crippen LogP contribution is 2.12. The van der Waals surface area contributed by atoms with E-state index in [1.165, 1.54) is 12.8 Å². The molecule has 0 radical (unpaired) electrons. The molecule has 0 amide bonds. The first-order valence-electron chi connectivity index (χ1n) is 6.29. The summed E-state index contributed by atoms with van der Waals surface area (Å²) in [6.45, 7) is 11.2. The van der Waals surface area contributed by atoms with Crippen LogP contribution >= 0.6 is 0 Å². The van der Waals surface area contributed by atoms with Gasteiger partial charge in [-0.05, 0) is 32.9 Å². The monoisotopic (exact) mass is 242 g/mol. The smallest absolute Gasteiger partial charge is 0.332 e. The summed E-state index contributed by atoms with van der Waals surface area (Å²) in [4.78, 5) is 0. The molecule has 0 saturated carbocycles. The largest absolute Gasteiger partial charge is 0.394 e. The zero-order valence-corrected chi connectivity index (χ0v) is 12.4. The highest BCUT2D eigenvalue weighted by atomic mass is 28.4. The highest BCUT2D eigenvalue weighted by Gasteiger charge is 2.27. The van der Waals surface area contributed by atoms with Crippen LogP contribution in [0.2, 0.25) is 13.1 Å². The van der Waals surface area contributed by atoms with Crippen molar-refractivity contribution in [3.05, 3.63) is 0 Å². The van der Waals surface area contributed by atoms with Crippen molar-refractivity contribution in [3.8, 4) is 11.8 Å². The Balaban J connectivity index is 3.94. The number of hydrogen-bond donors (Lipinski definition) is 0. The Morgan fingerprint density at radius 3 is 2.38 bits per heavy atom. The van der Waals surface area contributed by atoms with Crippen molar-refractivity contribution in [2.45, 2.75) is 65.7 Å². The predicted octanol–water partition coefficient (Wildman–Crippen LogP) is 3.71. The third-order valence-corrected chi connectivity index (χ3v) is 4.05. The molecule has 0 bridgehead atoms. The lowest BCUT2D eigenvalue weighted by Gasteiger charge is -2.25. The summed E-state index contributed by atoms with van der Waals surface area (Å²) in [6.07, 6.45) is 4.56. The van der Waals surface area contributed by atoms with Gasteiger partial charge in [-0.1, -0.05) is 32.6 Å². The fraction of sp³-hybridized carbons (Fsp3) is 0.846. The quantitative estimate of drug-likeness (QED) is 0.367. The van der Waals surface area contributed by atoms with Crippen molar-refractivity contribution in [2.75, 3.05) is 6.61 Å². The Labute approximate surface area is 102 Å². The van der Waals surface area contributed by atoms with Gasteiger partial charge in [-0.2, -0.15) is 0 Å². The van der Waals surface area contributed by atoms with E-state index in [9.17, 15) is 0 Å². The third kappa shape index (κ3) is 7.92. The fourth-order valence-electron chi connectivity index (χ4n) is 1.42. The molecule has 3 heteroatoms. The summed E-state index contributed by atoms with van der Waals surface area (Å²) >= 11 is 0. The van der Waals surface area contributed by atoms with E-state index in [0.717, 1.165) is 19.4 Å². The van der Waals surface area contributed by atoms with E-state index in [1.54, 1.807) is 0 Å². The minimum Gasteiger partial charge on any atom is -0.394 e. The topological polar surface area (TPSA) is 18.5 Å². The summed E-state index contributed by atoms with van der Waals surface area (Å²) in [7, 11) is -1.98. The van der Waals surface area contributed by atoms with Gasteiger partial charge in [0.1, 0.15) is 6.10 Å². The van der Waals surface area contributed by atoms with E-state index in [-0.39, 0.29) is 6.10 Å². The van der Waals surface area contributed by atoms with E-state index >= 15 is 0 Å². The number of unbranched alkanes of at least 4 members (excludes halogenated alkanes) is 2. The van der Waals surface area contributed by atoms with E-state index in [1.807, 2.05) is 6.92 Å². The third-order valence-electron chi connectivity index (χ3n) is 2.30. The lowest BCUT2D eigenvalue weighted by atomic mass is 10.3. The van der Waals surface area contributed by atoms with Crippen molar-refractivity contribution in [1.82, 2.24) is 0 Å². The molecular formula is C13H26O2Si. The molecule has 0 fully saturated rings. The van der Waals surface area contributed by atoms with Crippen LogP contribution in [0.4, 0.5) is 0 Å². The summed E-state index contributed by atoms with van der Waals surface area (Å²) in [5.41, 5.74) is 0. The van der Waals surface area contributed by atoms with Gasteiger partial charge in [-0.15, -0.1) is 5.92 Å². The maximum absolute atomic E-state index is 5.95. The van der Waals surface area contributed by atoms with E-state index in [2.05, 4.69) is 38.8 Å². The Morgan fingerprint density at radius 2 is 1.88 bits per heavy atom. The number of rotatable bonds is 8. The second-order valence-electron chi connectivity index (χ2n) is 4.36. The Kier molecular flexibility index (Phi) is 8.64. The molecule has 2 nitrogen and oxygen atoms in total. The van der Waals surface area contributed by atoms with Crippen molar-refractivity contribution in [1.29, 1.82) is 0 Å². The van der Waals surface area contributed by atoms with Crippen molar-refractivity contribution in [2.24, 2.45) is 0 Å². The highest BCUT2D eigenvalue weighted by molar-refractivity contribution is 6.64. The fourth-order valence-corrected chi connectivity index (χ4v) is 3.04. The summed E-state index contributed by atoms with van der Waals surface area (Å²) < 4.78 is 11.8. The van der Waals surface area contributed by atoms with Crippen molar-refractivity contribution < 1.29 is 8.85 Å². The Morgan fingerprint density at radius 1 is 1.19 bits per heavy atom. The SMILES string of the molecule is CC#CC(CC)O[Si](C)(C)OCCCCC. The van der Waals surface area contributed by atoms with Crippen LogP contribution in [0.15, 0.2) is 0 Å². The van der Waals surface area contributed by atoms with Crippen LogP contribution in [-0.2, 0) is 8.85 Å². The molecule has 0 aliphatic rings. The Hall–Kier alpha value is -0.303. The van der Waals surface area contributed by atoms with Crippen LogP contribution in [0.5, 0.6) is 0 Å². The van der Waals surface area contributed by atoms with Gasteiger partial charge >= 0.3 is 8.56 Å². The van der Waals surface area contributed by atoms with Gasteiger partial charge in [0.05, 0.1) is 0 Å². The zero-order valence-electron chi connectivity index (χ0n) is 11.4. The van der Waals surface area contributed by atoms with E-state index in [4.69, 9.17) is 8.85 Å². The lowest BCUT2D eigenvalue weighted by molar-refractivity contribution is 0.147. The van der Waals surface area contributed by atoms with Gasteiger partial charge < -0.3 is 8.85 Å². The summed E-state index contributed by atoms with van der Waals surface area (Å²) in [5.74, 6) is 5.98. The average molecular weight is 242 g/mol. The van der Waals surface area contributed by atoms with Crippen LogP contribution in [0.25, 0.3) is 0 Å². The van der Waals surface area contributed by atoms with Gasteiger partial charge in [0.15, 0.2) is 0 Å². The molecule has 0 N–H and O–H groups in total. The molecule has 0 aliphatic heterocycles. The van der Waals surface area contributed by atoms with Crippen LogP contribution in [0, 0.1) is 11.8 Å². The van der Waals surface area contributed by atoms with Gasteiger partial charge in [0.25, 0.3) is 0 Å². The van der Waals surface area contributed by atoms with Crippen LogP contribution < -0.4 is 0 Å². The predicted molar refractivity (Wildman–Crippen MR) is 71.6 cm³/mol. The van der Waals surface area contributed by atoms with Crippen molar-refractivity contribution in [3.63, 3.8) is 0 Å². The van der Waals surface area contributed by atoms with Crippen molar-refractivity contribution >= 4 is 8.56 Å². The summed E-state index contributed by atoms with van der Waals surface area (Å²) in [6, 6.07) is 0. The molecule has 0 heterocycles. The van der Waals surface area contributed by atoms with Crippen LogP contribution in [0.1, 0.15) is 46.5 Å². The van der Waals surface area contributed by atoms with Gasteiger partial charge in [-0.25, -0.2) is 0 Å². The van der Waals surface area contributed by atoms with Gasteiger partial charge in [0, 0.05) is 6.61 Å².